The number of carbonyl (C=O) groups is 1. The lowest BCUT2D eigenvalue weighted by molar-refractivity contribution is -0.143. The Morgan fingerprint density at radius 3 is 2.62 bits per heavy atom. The van der Waals surface area contributed by atoms with Gasteiger partial charge in [0.25, 0.3) is 5.91 Å². The van der Waals surface area contributed by atoms with E-state index in [1.807, 2.05) is 0 Å². The molecule has 0 aliphatic rings. The van der Waals surface area contributed by atoms with Gasteiger partial charge in [-0.2, -0.15) is 13.2 Å². The van der Waals surface area contributed by atoms with Crippen LogP contribution in [-0.4, -0.2) is 54.3 Å². The Morgan fingerprint density at radius 1 is 1.23 bits per heavy atom. The van der Waals surface area contributed by atoms with Gasteiger partial charge in [0.1, 0.15) is 11.5 Å². The van der Waals surface area contributed by atoms with Crippen molar-refractivity contribution in [3.05, 3.63) is 41.5 Å². The molecular weight excluding hydrogens is 358 g/mol. The van der Waals surface area contributed by atoms with E-state index in [4.69, 9.17) is 4.74 Å². The Labute approximate surface area is 146 Å². The van der Waals surface area contributed by atoms with Crippen molar-refractivity contribution in [1.82, 2.24) is 25.6 Å². The monoisotopic (exact) mass is 375 g/mol. The van der Waals surface area contributed by atoms with Crippen LogP contribution in [0.4, 0.5) is 17.6 Å². The standard InChI is InChI=1S/C15H17F4N5O2/c1-26-9-8-20-6-7-21-14(25)12-13(15(17,18)19)24(23-22-12)11-5-3-2-4-10(11)16/h2-5,20H,6-9H2,1H3,(H,21,25). The van der Waals surface area contributed by atoms with Gasteiger partial charge in [0.2, 0.25) is 0 Å². The first-order valence-electron chi connectivity index (χ1n) is 7.62. The van der Waals surface area contributed by atoms with Crippen LogP contribution in [0.2, 0.25) is 0 Å². The molecule has 1 amide bonds. The molecule has 0 atom stereocenters. The van der Waals surface area contributed by atoms with Gasteiger partial charge in [-0.15, -0.1) is 5.10 Å². The number of benzene rings is 1. The lowest BCUT2D eigenvalue weighted by Gasteiger charge is -2.12. The summed E-state index contributed by atoms with van der Waals surface area (Å²) in [6.45, 7) is 1.40. The second kappa shape index (κ2) is 8.72. The Morgan fingerprint density at radius 2 is 1.96 bits per heavy atom. The molecule has 0 aliphatic heterocycles. The third-order valence-electron chi connectivity index (χ3n) is 3.30. The normalized spacial score (nSPS) is 11.6. The van der Waals surface area contributed by atoms with Crippen molar-refractivity contribution in [2.75, 3.05) is 33.4 Å². The van der Waals surface area contributed by atoms with E-state index in [0.717, 1.165) is 12.1 Å². The van der Waals surface area contributed by atoms with E-state index < -0.39 is 35.0 Å². The van der Waals surface area contributed by atoms with Gasteiger partial charge >= 0.3 is 6.18 Å². The van der Waals surface area contributed by atoms with E-state index in [0.29, 0.717) is 19.7 Å². The number of aromatic nitrogens is 3. The number of hydrogen-bond acceptors (Lipinski definition) is 5. The summed E-state index contributed by atoms with van der Waals surface area (Å²) in [7, 11) is 1.53. The third kappa shape index (κ3) is 4.76. The van der Waals surface area contributed by atoms with Crippen molar-refractivity contribution in [3.63, 3.8) is 0 Å². The van der Waals surface area contributed by atoms with Gasteiger partial charge in [-0.1, -0.05) is 17.3 Å². The molecular formula is C15H17F4N5O2. The Hall–Kier alpha value is -2.53. The quantitative estimate of drug-likeness (QED) is 0.538. The molecule has 142 valence electrons. The van der Waals surface area contributed by atoms with Crippen molar-refractivity contribution >= 4 is 5.91 Å². The summed E-state index contributed by atoms with van der Waals surface area (Å²) < 4.78 is 59.2. The molecule has 0 spiro atoms. The number of para-hydroxylation sites is 1. The zero-order valence-electron chi connectivity index (χ0n) is 13.8. The second-order valence-corrected chi connectivity index (χ2v) is 5.15. The zero-order chi connectivity index (χ0) is 19.2. The predicted molar refractivity (Wildman–Crippen MR) is 83.4 cm³/mol. The van der Waals surface area contributed by atoms with Crippen molar-refractivity contribution < 1.29 is 27.1 Å². The van der Waals surface area contributed by atoms with Gasteiger partial charge in [-0.3, -0.25) is 4.79 Å². The van der Waals surface area contributed by atoms with Crippen LogP contribution in [0.15, 0.2) is 24.3 Å². The number of carbonyl (C=O) groups excluding carboxylic acids is 1. The number of rotatable bonds is 8. The van der Waals surface area contributed by atoms with Crippen molar-refractivity contribution in [3.8, 4) is 5.69 Å². The molecule has 1 heterocycles. The fourth-order valence-corrected chi connectivity index (χ4v) is 2.13. The summed E-state index contributed by atoms with van der Waals surface area (Å²) in [4.78, 5) is 12.1. The van der Waals surface area contributed by atoms with Crippen LogP contribution in [0.5, 0.6) is 0 Å². The molecule has 11 heteroatoms. The molecule has 2 aromatic rings. The average molecular weight is 375 g/mol. The Bertz CT molecular complexity index is 748. The van der Waals surface area contributed by atoms with E-state index >= 15 is 0 Å². The summed E-state index contributed by atoms with van der Waals surface area (Å²) in [6.07, 6.45) is -4.95. The molecule has 0 radical (unpaired) electrons. The fourth-order valence-electron chi connectivity index (χ4n) is 2.13. The molecule has 26 heavy (non-hydrogen) atoms. The number of amides is 1. The Balaban J connectivity index is 2.19. The second-order valence-electron chi connectivity index (χ2n) is 5.15. The van der Waals surface area contributed by atoms with Crippen LogP contribution in [0.1, 0.15) is 16.2 Å². The highest BCUT2D eigenvalue weighted by atomic mass is 19.4. The number of nitrogens with zero attached hydrogens (tertiary/aromatic N) is 3. The van der Waals surface area contributed by atoms with Crippen LogP contribution in [0, 0.1) is 5.82 Å². The summed E-state index contributed by atoms with van der Waals surface area (Å²) >= 11 is 0. The van der Waals surface area contributed by atoms with Crippen LogP contribution in [-0.2, 0) is 10.9 Å². The van der Waals surface area contributed by atoms with Gasteiger partial charge in [0.05, 0.1) is 6.61 Å². The lowest BCUT2D eigenvalue weighted by Crippen LogP contribution is -2.34. The molecule has 0 fully saturated rings. The maximum Gasteiger partial charge on any atom is 0.435 e. The van der Waals surface area contributed by atoms with Crippen molar-refractivity contribution in [2.45, 2.75) is 6.18 Å². The average Bonchev–Trinajstić information content (AvgIpc) is 3.03. The van der Waals surface area contributed by atoms with Crippen molar-refractivity contribution in [1.29, 1.82) is 0 Å². The van der Waals surface area contributed by atoms with E-state index in [2.05, 4.69) is 20.9 Å². The SMILES string of the molecule is COCCNCCNC(=O)c1nnn(-c2ccccc2F)c1C(F)(F)F. The summed E-state index contributed by atoms with van der Waals surface area (Å²) in [5, 5.41) is 11.9. The van der Waals surface area contributed by atoms with Crippen LogP contribution < -0.4 is 10.6 Å². The first-order chi connectivity index (χ1) is 12.4. The molecule has 1 aromatic heterocycles. The number of nitrogens with one attached hydrogen (secondary N) is 2. The van der Waals surface area contributed by atoms with Gasteiger partial charge in [0.15, 0.2) is 11.4 Å². The van der Waals surface area contributed by atoms with Gasteiger partial charge in [0, 0.05) is 26.7 Å². The molecule has 1 aromatic carbocycles. The molecule has 0 unspecified atom stereocenters. The number of ether oxygens (including phenoxy) is 1. The number of halogens is 4. The smallest absolute Gasteiger partial charge is 0.383 e. The summed E-state index contributed by atoms with van der Waals surface area (Å²) in [5.74, 6) is -1.97. The topological polar surface area (TPSA) is 81.1 Å². The zero-order valence-corrected chi connectivity index (χ0v) is 13.8. The highest BCUT2D eigenvalue weighted by Crippen LogP contribution is 2.33. The molecule has 0 aliphatic carbocycles. The van der Waals surface area contributed by atoms with E-state index in [1.165, 1.54) is 19.2 Å². The molecule has 2 N–H and O–H groups in total. The maximum absolute atomic E-state index is 13.8. The summed E-state index contributed by atoms with van der Waals surface area (Å²) in [6, 6.07) is 4.78. The number of hydrogen-bond donors (Lipinski definition) is 2. The highest BCUT2D eigenvalue weighted by Gasteiger charge is 2.42. The fraction of sp³-hybridized carbons (Fsp3) is 0.400. The number of alkyl halides is 3. The first-order valence-corrected chi connectivity index (χ1v) is 7.62. The van der Waals surface area contributed by atoms with Gasteiger partial charge in [-0.05, 0) is 12.1 Å². The predicted octanol–water partition coefficient (Wildman–Crippen LogP) is 1.39. The molecule has 7 nitrogen and oxygen atoms in total. The van der Waals surface area contributed by atoms with Crippen LogP contribution in [0.25, 0.3) is 5.69 Å². The minimum Gasteiger partial charge on any atom is -0.383 e. The molecule has 2 rings (SSSR count). The van der Waals surface area contributed by atoms with Crippen molar-refractivity contribution in [2.24, 2.45) is 0 Å². The van der Waals surface area contributed by atoms with E-state index in [9.17, 15) is 22.4 Å². The van der Waals surface area contributed by atoms with Crippen LogP contribution >= 0.6 is 0 Å². The lowest BCUT2D eigenvalue weighted by atomic mass is 10.2. The Kier molecular flexibility index (Phi) is 6.64. The third-order valence-corrected chi connectivity index (χ3v) is 3.30. The van der Waals surface area contributed by atoms with Gasteiger partial charge in [-0.25, -0.2) is 9.07 Å². The minimum absolute atomic E-state index is 0.0758. The largest absolute Gasteiger partial charge is 0.435 e. The van der Waals surface area contributed by atoms with Gasteiger partial charge < -0.3 is 15.4 Å². The number of methoxy groups -OCH3 is 1. The van der Waals surface area contributed by atoms with Crippen LogP contribution in [0.3, 0.4) is 0 Å². The maximum atomic E-state index is 13.8. The van der Waals surface area contributed by atoms with E-state index in [1.54, 1.807) is 0 Å². The minimum atomic E-state index is -4.95. The molecule has 0 bridgehead atoms. The molecule has 0 saturated heterocycles. The van der Waals surface area contributed by atoms with E-state index in [-0.39, 0.29) is 11.2 Å². The first kappa shape index (κ1) is 19.8. The molecule has 0 saturated carbocycles. The highest BCUT2D eigenvalue weighted by molar-refractivity contribution is 5.93. The summed E-state index contributed by atoms with van der Waals surface area (Å²) in [5.41, 5.74) is -2.81.